The van der Waals surface area contributed by atoms with Crippen LogP contribution < -0.4 is 0 Å². The summed E-state index contributed by atoms with van der Waals surface area (Å²) in [7, 11) is 0. The second-order valence-corrected chi connectivity index (χ2v) is 4.85. The predicted molar refractivity (Wildman–Crippen MR) is 65.3 cm³/mol. The average Bonchev–Trinajstić information content (AvgIpc) is 2.69. The first-order valence-corrected chi connectivity index (χ1v) is 6.06. The van der Waals surface area contributed by atoms with Gasteiger partial charge < -0.3 is 4.42 Å². The molecule has 1 heterocycles. The minimum Gasteiger partial charge on any atom is -0.465 e. The van der Waals surface area contributed by atoms with Gasteiger partial charge in [0.05, 0.1) is 0 Å². The molecule has 0 N–H and O–H groups in total. The lowest BCUT2D eigenvalue weighted by molar-refractivity contribution is 0.486. The van der Waals surface area contributed by atoms with Crippen molar-refractivity contribution in [1.82, 2.24) is 0 Å². The molecule has 4 heteroatoms. The third kappa shape index (κ3) is 2.41. The van der Waals surface area contributed by atoms with Crippen molar-refractivity contribution in [2.24, 2.45) is 0 Å². The number of aryl methyl sites for hydroxylation is 2. The van der Waals surface area contributed by atoms with E-state index in [4.69, 9.17) is 4.42 Å². The Hall–Kier alpha value is -1.16. The van der Waals surface area contributed by atoms with E-state index in [1.165, 1.54) is 6.07 Å². The van der Waals surface area contributed by atoms with Gasteiger partial charge in [-0.05, 0) is 37.6 Å². The Labute approximate surface area is 107 Å². The Morgan fingerprint density at radius 2 is 1.82 bits per heavy atom. The zero-order valence-corrected chi connectivity index (χ0v) is 11.0. The number of rotatable bonds is 2. The van der Waals surface area contributed by atoms with Crippen molar-refractivity contribution in [3.63, 3.8) is 0 Å². The molecular formula is C13H11BrF2O. The Bertz CT molecular complexity index is 548. The maximum absolute atomic E-state index is 13.7. The van der Waals surface area contributed by atoms with E-state index in [1.54, 1.807) is 19.1 Å². The van der Waals surface area contributed by atoms with Crippen molar-refractivity contribution in [2.45, 2.75) is 18.7 Å². The van der Waals surface area contributed by atoms with Gasteiger partial charge in [-0.15, -0.1) is 0 Å². The summed E-state index contributed by atoms with van der Waals surface area (Å²) >= 11 is 3.36. The molecule has 1 aromatic heterocycles. The standard InChI is InChI=1S/C13H11BrF2O/c1-7-5-9(11(16)6-10(7)15)13(14)12-4-3-8(2)17-12/h3-6,13H,1-2H3. The number of alkyl halides is 1. The quantitative estimate of drug-likeness (QED) is 0.735. The monoisotopic (exact) mass is 300 g/mol. The highest BCUT2D eigenvalue weighted by Crippen LogP contribution is 2.34. The van der Waals surface area contributed by atoms with Crippen molar-refractivity contribution in [3.05, 3.63) is 58.5 Å². The van der Waals surface area contributed by atoms with Crippen molar-refractivity contribution in [3.8, 4) is 0 Å². The van der Waals surface area contributed by atoms with Crippen LogP contribution in [0.5, 0.6) is 0 Å². The molecule has 0 bridgehead atoms. The van der Waals surface area contributed by atoms with E-state index in [9.17, 15) is 8.78 Å². The molecule has 2 aromatic rings. The summed E-state index contributed by atoms with van der Waals surface area (Å²) in [4.78, 5) is -0.407. The van der Waals surface area contributed by atoms with Gasteiger partial charge in [0.15, 0.2) is 0 Å². The Morgan fingerprint density at radius 1 is 1.12 bits per heavy atom. The van der Waals surface area contributed by atoms with Gasteiger partial charge >= 0.3 is 0 Å². The van der Waals surface area contributed by atoms with Crippen molar-refractivity contribution < 1.29 is 13.2 Å². The summed E-state index contributed by atoms with van der Waals surface area (Å²) in [5.41, 5.74) is 0.785. The fraction of sp³-hybridized carbons (Fsp3) is 0.231. The minimum atomic E-state index is -0.580. The van der Waals surface area contributed by atoms with E-state index in [1.807, 2.05) is 6.92 Å². The molecule has 1 aromatic carbocycles. The highest BCUT2D eigenvalue weighted by atomic mass is 79.9. The van der Waals surface area contributed by atoms with Gasteiger partial charge in [-0.3, -0.25) is 0 Å². The molecule has 1 atom stereocenters. The molecule has 0 aliphatic carbocycles. The van der Waals surface area contributed by atoms with E-state index in [2.05, 4.69) is 15.9 Å². The fourth-order valence-electron chi connectivity index (χ4n) is 1.62. The van der Waals surface area contributed by atoms with Crippen LogP contribution in [-0.4, -0.2) is 0 Å². The Morgan fingerprint density at radius 3 is 2.41 bits per heavy atom. The van der Waals surface area contributed by atoms with Crippen LogP contribution in [0.2, 0.25) is 0 Å². The summed E-state index contributed by atoms with van der Waals surface area (Å²) in [5.74, 6) is 0.238. The van der Waals surface area contributed by atoms with Crippen molar-refractivity contribution in [2.75, 3.05) is 0 Å². The van der Waals surface area contributed by atoms with Gasteiger partial charge in [-0.2, -0.15) is 0 Å². The topological polar surface area (TPSA) is 13.1 Å². The Kier molecular flexibility index (Phi) is 3.33. The first-order chi connectivity index (χ1) is 7.99. The van der Waals surface area contributed by atoms with Crippen LogP contribution in [0.15, 0.2) is 28.7 Å². The van der Waals surface area contributed by atoms with Gasteiger partial charge in [0.2, 0.25) is 0 Å². The molecule has 0 saturated heterocycles. The van der Waals surface area contributed by atoms with E-state index < -0.39 is 16.5 Å². The third-order valence-electron chi connectivity index (χ3n) is 2.56. The van der Waals surface area contributed by atoms with Gasteiger partial charge in [-0.1, -0.05) is 15.9 Å². The van der Waals surface area contributed by atoms with Gasteiger partial charge in [0.1, 0.15) is 28.0 Å². The van der Waals surface area contributed by atoms with Gasteiger partial charge in [0.25, 0.3) is 0 Å². The summed E-state index contributed by atoms with van der Waals surface area (Å²) in [5, 5.41) is 0. The van der Waals surface area contributed by atoms with E-state index in [0.717, 1.165) is 11.8 Å². The molecule has 0 aliphatic rings. The molecule has 2 rings (SSSR count). The summed E-state index contributed by atoms with van der Waals surface area (Å²) in [6.45, 7) is 3.42. The SMILES string of the molecule is Cc1ccc(C(Br)c2cc(C)c(F)cc2F)o1. The minimum absolute atomic E-state index is 0.373. The average molecular weight is 301 g/mol. The molecule has 0 spiro atoms. The fourth-order valence-corrected chi connectivity index (χ4v) is 2.21. The largest absolute Gasteiger partial charge is 0.465 e. The normalized spacial score (nSPS) is 12.8. The predicted octanol–water partition coefficient (Wildman–Crippen LogP) is 4.66. The highest BCUT2D eigenvalue weighted by molar-refractivity contribution is 9.09. The molecular weight excluding hydrogens is 290 g/mol. The van der Waals surface area contributed by atoms with E-state index in [0.29, 0.717) is 16.9 Å². The Balaban J connectivity index is 2.43. The zero-order valence-electron chi connectivity index (χ0n) is 9.43. The molecule has 0 saturated carbocycles. The zero-order chi connectivity index (χ0) is 12.6. The summed E-state index contributed by atoms with van der Waals surface area (Å²) in [6.07, 6.45) is 0. The van der Waals surface area contributed by atoms with Crippen LogP contribution in [0, 0.1) is 25.5 Å². The lowest BCUT2D eigenvalue weighted by Crippen LogP contribution is -1.98. The molecule has 1 unspecified atom stereocenters. The van der Waals surface area contributed by atoms with Crippen molar-refractivity contribution in [1.29, 1.82) is 0 Å². The summed E-state index contributed by atoms with van der Waals surface area (Å²) < 4.78 is 32.2. The summed E-state index contributed by atoms with van der Waals surface area (Å²) in [6, 6.07) is 5.96. The smallest absolute Gasteiger partial charge is 0.130 e. The maximum Gasteiger partial charge on any atom is 0.130 e. The van der Waals surface area contributed by atoms with Crippen LogP contribution in [0.3, 0.4) is 0 Å². The highest BCUT2D eigenvalue weighted by Gasteiger charge is 2.19. The molecule has 0 radical (unpaired) electrons. The number of hydrogen-bond acceptors (Lipinski definition) is 1. The molecule has 0 aliphatic heterocycles. The molecule has 0 amide bonds. The molecule has 90 valence electrons. The number of hydrogen-bond donors (Lipinski definition) is 0. The lowest BCUT2D eigenvalue weighted by Gasteiger charge is -2.10. The first kappa shape index (κ1) is 12.3. The second kappa shape index (κ2) is 4.61. The van der Waals surface area contributed by atoms with Gasteiger partial charge in [-0.25, -0.2) is 8.78 Å². The number of furan rings is 1. The van der Waals surface area contributed by atoms with E-state index >= 15 is 0 Å². The van der Waals surface area contributed by atoms with Crippen LogP contribution in [0.1, 0.15) is 27.5 Å². The van der Waals surface area contributed by atoms with Gasteiger partial charge in [0, 0.05) is 11.6 Å². The van der Waals surface area contributed by atoms with E-state index in [-0.39, 0.29) is 0 Å². The maximum atomic E-state index is 13.7. The molecule has 0 fully saturated rings. The van der Waals surface area contributed by atoms with Crippen LogP contribution in [0.25, 0.3) is 0 Å². The third-order valence-corrected chi connectivity index (χ3v) is 3.51. The number of benzene rings is 1. The lowest BCUT2D eigenvalue weighted by atomic mass is 10.1. The second-order valence-electron chi connectivity index (χ2n) is 3.93. The number of halogens is 3. The van der Waals surface area contributed by atoms with Crippen LogP contribution in [0.4, 0.5) is 8.78 Å². The van der Waals surface area contributed by atoms with Crippen molar-refractivity contribution >= 4 is 15.9 Å². The van der Waals surface area contributed by atoms with Crippen LogP contribution in [-0.2, 0) is 0 Å². The first-order valence-electron chi connectivity index (χ1n) is 5.15. The molecule has 1 nitrogen and oxygen atoms in total. The molecule has 17 heavy (non-hydrogen) atoms. The van der Waals surface area contributed by atoms with Crippen LogP contribution >= 0.6 is 15.9 Å².